The summed E-state index contributed by atoms with van der Waals surface area (Å²) in [6.45, 7) is 3.84. The van der Waals surface area contributed by atoms with E-state index in [9.17, 15) is 0 Å². The van der Waals surface area contributed by atoms with E-state index in [1.807, 2.05) is 36.4 Å². The smallest absolute Gasteiger partial charge is 0.401 e. The molecule has 0 amide bonds. The molecular weight excluding hydrogens is 243 g/mol. The van der Waals surface area contributed by atoms with Crippen molar-refractivity contribution >= 4 is 35.5 Å². The maximum Gasteiger partial charge on any atom is 0.401 e. The average Bonchev–Trinajstić information content (AvgIpc) is 2.28. The minimum Gasteiger partial charge on any atom is -0.427 e. The lowest BCUT2D eigenvalue weighted by Crippen LogP contribution is -2.00. The maximum absolute atomic E-state index is 5.90. The lowest BCUT2D eigenvalue weighted by molar-refractivity contribution is 0.461. The molecule has 4 heteroatoms. The first-order chi connectivity index (χ1) is 7.75. The van der Waals surface area contributed by atoms with E-state index in [1.165, 1.54) is 0 Å². The molecule has 16 heavy (non-hydrogen) atoms. The van der Waals surface area contributed by atoms with Crippen LogP contribution in [0.1, 0.15) is 5.56 Å². The molecule has 2 aromatic carbocycles. The van der Waals surface area contributed by atoms with Gasteiger partial charge >= 0.3 is 7.73 Å². The average molecular weight is 251 g/mol. The molecule has 0 spiro atoms. The van der Waals surface area contributed by atoms with Crippen LogP contribution < -0.4 is 4.52 Å². The molecule has 1 aliphatic rings. The molecule has 0 fully saturated rings. The first kappa shape index (κ1) is 9.95. The lowest BCUT2D eigenvalue weighted by atomic mass is 10.0. The molecule has 0 bridgehead atoms. The van der Waals surface area contributed by atoms with Crippen molar-refractivity contribution in [1.82, 2.24) is 0 Å². The molecule has 2 aromatic rings. The zero-order valence-corrected chi connectivity index (χ0v) is 9.96. The van der Waals surface area contributed by atoms with Crippen LogP contribution in [-0.2, 0) is 4.52 Å². The van der Waals surface area contributed by atoms with Gasteiger partial charge in [-0.25, -0.2) is 0 Å². The highest BCUT2D eigenvalue weighted by atomic mass is 35.7. The Hall–Kier alpha value is -1.24. The summed E-state index contributed by atoms with van der Waals surface area (Å²) in [6.07, 6.45) is 0. The fraction of sp³-hybridized carbons (Fsp3) is 0. The molecule has 0 N–H and O–H groups in total. The van der Waals surface area contributed by atoms with Crippen LogP contribution in [0.3, 0.4) is 0 Å². The van der Waals surface area contributed by atoms with Crippen LogP contribution >= 0.6 is 19.0 Å². The van der Waals surface area contributed by atoms with Gasteiger partial charge in [-0.05, 0) is 22.7 Å². The van der Waals surface area contributed by atoms with Crippen molar-refractivity contribution in [2.75, 3.05) is 0 Å². The molecule has 0 aromatic heterocycles. The van der Waals surface area contributed by atoms with Crippen LogP contribution in [0, 0.1) is 0 Å². The summed E-state index contributed by atoms with van der Waals surface area (Å²) < 4.78 is 10.8. The molecule has 1 atom stereocenters. The third kappa shape index (κ3) is 1.46. The standard InChI is InChI=1S/C12H8ClO2P/c1-8-10-7-6-9-4-2-3-5-11(9)12(10)15-16(13)14-8/h2-7H,1H2/t16-/m1/s1. The van der Waals surface area contributed by atoms with Gasteiger partial charge in [0, 0.05) is 5.39 Å². The highest BCUT2D eigenvalue weighted by Crippen LogP contribution is 2.55. The second kappa shape index (κ2) is 3.65. The van der Waals surface area contributed by atoms with E-state index in [0.29, 0.717) is 5.76 Å². The number of halogens is 1. The highest BCUT2D eigenvalue weighted by molar-refractivity contribution is 7.76. The minimum absolute atomic E-state index is 0.577. The van der Waals surface area contributed by atoms with Gasteiger partial charge in [-0.2, -0.15) is 0 Å². The van der Waals surface area contributed by atoms with Crippen molar-refractivity contribution in [1.29, 1.82) is 0 Å². The number of hydrogen-bond donors (Lipinski definition) is 0. The Morgan fingerprint density at radius 1 is 1.06 bits per heavy atom. The molecule has 0 saturated heterocycles. The molecule has 0 saturated carbocycles. The monoisotopic (exact) mass is 250 g/mol. The summed E-state index contributed by atoms with van der Waals surface area (Å²) >= 11 is 5.90. The van der Waals surface area contributed by atoms with E-state index in [0.717, 1.165) is 22.1 Å². The normalized spacial score (nSPS) is 18.8. The number of benzene rings is 2. The van der Waals surface area contributed by atoms with Gasteiger partial charge in [0.05, 0.1) is 5.56 Å². The zero-order valence-electron chi connectivity index (χ0n) is 8.31. The molecule has 3 rings (SSSR count). The van der Waals surface area contributed by atoms with E-state index in [-0.39, 0.29) is 0 Å². The van der Waals surface area contributed by atoms with Crippen molar-refractivity contribution in [3.05, 3.63) is 48.5 Å². The molecule has 0 aliphatic carbocycles. The molecule has 2 nitrogen and oxygen atoms in total. The van der Waals surface area contributed by atoms with E-state index in [1.54, 1.807) is 0 Å². The fourth-order valence-electron chi connectivity index (χ4n) is 1.79. The van der Waals surface area contributed by atoms with Crippen LogP contribution in [0.2, 0.25) is 0 Å². The van der Waals surface area contributed by atoms with Gasteiger partial charge in [-0.3, -0.25) is 0 Å². The first-order valence-corrected chi connectivity index (χ1v) is 6.87. The topological polar surface area (TPSA) is 18.5 Å². The van der Waals surface area contributed by atoms with Gasteiger partial charge in [0.1, 0.15) is 11.5 Å². The van der Waals surface area contributed by atoms with Crippen LogP contribution in [0.15, 0.2) is 43.0 Å². The van der Waals surface area contributed by atoms with Crippen LogP contribution in [-0.4, -0.2) is 0 Å². The predicted octanol–water partition coefficient (Wildman–Crippen LogP) is 4.69. The largest absolute Gasteiger partial charge is 0.427 e. The quantitative estimate of drug-likeness (QED) is 0.632. The Kier molecular flexibility index (Phi) is 2.27. The Balaban J connectivity index is 2.33. The van der Waals surface area contributed by atoms with Crippen molar-refractivity contribution in [2.24, 2.45) is 0 Å². The van der Waals surface area contributed by atoms with E-state index in [2.05, 4.69) is 6.58 Å². The summed E-state index contributed by atoms with van der Waals surface area (Å²) in [5.41, 5.74) is 0.873. The summed E-state index contributed by atoms with van der Waals surface area (Å²) in [6, 6.07) is 12.0. The van der Waals surface area contributed by atoms with Gasteiger partial charge in [-0.1, -0.05) is 36.9 Å². The molecular formula is C12H8ClO2P. The Bertz CT molecular complexity index is 582. The van der Waals surface area contributed by atoms with Crippen molar-refractivity contribution in [3.8, 4) is 5.75 Å². The van der Waals surface area contributed by atoms with Gasteiger partial charge in [0.25, 0.3) is 0 Å². The minimum atomic E-state index is -1.42. The van der Waals surface area contributed by atoms with E-state index < -0.39 is 7.73 Å². The third-order valence-corrected chi connectivity index (χ3v) is 3.63. The maximum atomic E-state index is 5.90. The van der Waals surface area contributed by atoms with Gasteiger partial charge < -0.3 is 9.05 Å². The predicted molar refractivity (Wildman–Crippen MR) is 67.5 cm³/mol. The third-order valence-electron chi connectivity index (χ3n) is 2.53. The summed E-state index contributed by atoms with van der Waals surface area (Å²) in [5.74, 6) is 1.35. The van der Waals surface area contributed by atoms with Gasteiger partial charge in [-0.15, -0.1) is 0 Å². The number of fused-ring (bicyclic) bond motifs is 3. The highest BCUT2D eigenvalue weighted by Gasteiger charge is 2.25. The number of hydrogen-bond acceptors (Lipinski definition) is 2. The molecule has 0 radical (unpaired) electrons. The lowest BCUT2D eigenvalue weighted by Gasteiger charge is -2.23. The van der Waals surface area contributed by atoms with Crippen molar-refractivity contribution in [3.63, 3.8) is 0 Å². The Morgan fingerprint density at radius 3 is 2.75 bits per heavy atom. The van der Waals surface area contributed by atoms with Crippen LogP contribution in [0.5, 0.6) is 5.75 Å². The van der Waals surface area contributed by atoms with Gasteiger partial charge in [0.2, 0.25) is 0 Å². The summed E-state index contributed by atoms with van der Waals surface area (Å²) in [7, 11) is -1.42. The second-order valence-corrected chi connectivity index (χ2v) is 5.10. The molecule has 80 valence electrons. The Morgan fingerprint density at radius 2 is 1.88 bits per heavy atom. The van der Waals surface area contributed by atoms with E-state index >= 15 is 0 Å². The van der Waals surface area contributed by atoms with E-state index in [4.69, 9.17) is 20.3 Å². The fourth-order valence-corrected chi connectivity index (χ4v) is 2.89. The molecule has 0 unspecified atom stereocenters. The zero-order chi connectivity index (χ0) is 11.1. The van der Waals surface area contributed by atoms with Gasteiger partial charge in [0.15, 0.2) is 0 Å². The van der Waals surface area contributed by atoms with Crippen LogP contribution in [0.25, 0.3) is 16.5 Å². The SMILES string of the molecule is C=C1O[P@@](Cl)Oc2c1ccc1ccccc21. The molecule has 1 heterocycles. The van der Waals surface area contributed by atoms with Crippen molar-refractivity contribution in [2.45, 2.75) is 0 Å². The summed E-state index contributed by atoms with van der Waals surface area (Å²) in [5, 5.41) is 2.16. The number of rotatable bonds is 0. The van der Waals surface area contributed by atoms with Crippen molar-refractivity contribution < 1.29 is 9.05 Å². The Labute approximate surface area is 99.1 Å². The second-order valence-electron chi connectivity index (χ2n) is 3.48. The molecule has 1 aliphatic heterocycles. The first-order valence-electron chi connectivity index (χ1n) is 4.78. The van der Waals surface area contributed by atoms with Crippen LogP contribution in [0.4, 0.5) is 0 Å². The summed E-state index contributed by atoms with van der Waals surface area (Å²) in [4.78, 5) is 0.